The van der Waals surface area contributed by atoms with Gasteiger partial charge in [-0.05, 0) is 37.5 Å². The van der Waals surface area contributed by atoms with E-state index in [1.165, 1.54) is 12.1 Å². The molecule has 128 valence electrons. The Kier molecular flexibility index (Phi) is 3.93. The van der Waals surface area contributed by atoms with Crippen molar-refractivity contribution in [2.45, 2.75) is 31.4 Å². The number of anilines is 1. The Labute approximate surface area is 143 Å². The first-order valence-electron chi connectivity index (χ1n) is 8.15. The number of hydrogen-bond donors (Lipinski definition) is 3. The maximum Gasteiger partial charge on any atom is 0.158 e. The first kappa shape index (κ1) is 15.7. The molecule has 1 aromatic carbocycles. The molecule has 0 unspecified atom stereocenters. The summed E-state index contributed by atoms with van der Waals surface area (Å²) in [5.41, 5.74) is 0.875. The van der Waals surface area contributed by atoms with Crippen LogP contribution >= 0.6 is 0 Å². The Morgan fingerprint density at radius 2 is 2.00 bits per heavy atom. The summed E-state index contributed by atoms with van der Waals surface area (Å²) >= 11 is 0. The highest BCUT2D eigenvalue weighted by molar-refractivity contribution is 6.00. The van der Waals surface area contributed by atoms with Gasteiger partial charge in [0.05, 0.1) is 6.10 Å². The van der Waals surface area contributed by atoms with E-state index in [2.05, 4.69) is 20.5 Å². The summed E-state index contributed by atoms with van der Waals surface area (Å²) in [4.78, 5) is 4.15. The second-order valence-corrected chi connectivity index (χ2v) is 6.29. The number of phenolic OH excluding ortho intramolecular Hbond substituents is 1. The van der Waals surface area contributed by atoms with Gasteiger partial charge >= 0.3 is 0 Å². The van der Waals surface area contributed by atoms with E-state index in [0.717, 1.165) is 29.7 Å². The van der Waals surface area contributed by atoms with Crippen molar-refractivity contribution in [3.05, 3.63) is 42.5 Å². The molecule has 0 radical (unpaired) electrons. The van der Waals surface area contributed by atoms with Crippen LogP contribution in [0.25, 0.3) is 22.0 Å². The Morgan fingerprint density at radius 1 is 1.12 bits per heavy atom. The lowest BCUT2D eigenvalue weighted by Gasteiger charge is -2.15. The fourth-order valence-electron chi connectivity index (χ4n) is 3.29. The van der Waals surface area contributed by atoms with E-state index in [1.54, 1.807) is 18.5 Å². The van der Waals surface area contributed by atoms with Gasteiger partial charge in [-0.1, -0.05) is 0 Å². The molecule has 1 fully saturated rings. The molecule has 0 amide bonds. The molecule has 0 saturated heterocycles. The molecule has 1 aliphatic carbocycles. The summed E-state index contributed by atoms with van der Waals surface area (Å²) < 4.78 is 13.3. The third kappa shape index (κ3) is 2.98. The summed E-state index contributed by atoms with van der Waals surface area (Å²) in [6.07, 6.45) is 5.34. The molecule has 1 saturated carbocycles. The van der Waals surface area contributed by atoms with E-state index in [9.17, 15) is 14.6 Å². The zero-order valence-corrected chi connectivity index (χ0v) is 13.4. The van der Waals surface area contributed by atoms with E-state index in [4.69, 9.17) is 0 Å². The normalized spacial score (nSPS) is 20.1. The number of hydrogen-bond acceptors (Lipinski definition) is 6. The SMILES string of the molecule is Oc1cc(F)ccc1-c1nnc(N[C@@H]2CC[C@H](O)C2)c2cnccc12. The molecule has 0 aliphatic heterocycles. The van der Waals surface area contributed by atoms with Crippen molar-refractivity contribution in [3.63, 3.8) is 0 Å². The smallest absolute Gasteiger partial charge is 0.158 e. The third-order valence-electron chi connectivity index (χ3n) is 4.54. The van der Waals surface area contributed by atoms with Gasteiger partial charge in [-0.2, -0.15) is 0 Å². The van der Waals surface area contributed by atoms with Gasteiger partial charge in [-0.25, -0.2) is 4.39 Å². The van der Waals surface area contributed by atoms with Gasteiger partial charge in [-0.3, -0.25) is 4.98 Å². The summed E-state index contributed by atoms with van der Waals surface area (Å²) in [7, 11) is 0. The van der Waals surface area contributed by atoms with Crippen LogP contribution in [0.15, 0.2) is 36.7 Å². The van der Waals surface area contributed by atoms with Gasteiger partial charge in [0.15, 0.2) is 5.82 Å². The molecule has 6 nitrogen and oxygen atoms in total. The predicted molar refractivity (Wildman–Crippen MR) is 91.7 cm³/mol. The molecule has 25 heavy (non-hydrogen) atoms. The van der Waals surface area contributed by atoms with Gasteiger partial charge in [0.1, 0.15) is 17.3 Å². The molecular weight excluding hydrogens is 323 g/mol. The standard InChI is InChI=1S/C18H17FN4O2/c19-10-1-4-14(16(25)7-10)17-13-5-6-20-9-15(13)18(23-22-17)21-11-2-3-12(24)8-11/h1,4-7,9,11-12,24-25H,2-3,8H2,(H,21,23)/t11-,12+/m1/s1. The highest BCUT2D eigenvalue weighted by atomic mass is 19.1. The van der Waals surface area contributed by atoms with Crippen LogP contribution in [-0.4, -0.2) is 37.5 Å². The third-order valence-corrected chi connectivity index (χ3v) is 4.54. The van der Waals surface area contributed by atoms with E-state index < -0.39 is 5.82 Å². The Hall–Kier alpha value is -2.80. The number of benzene rings is 1. The summed E-state index contributed by atoms with van der Waals surface area (Å²) in [5.74, 6) is -0.113. The summed E-state index contributed by atoms with van der Waals surface area (Å²) in [6.45, 7) is 0. The number of nitrogens with zero attached hydrogens (tertiary/aromatic N) is 3. The highest BCUT2D eigenvalue weighted by Gasteiger charge is 2.24. The van der Waals surface area contributed by atoms with E-state index in [1.807, 2.05) is 0 Å². The number of aliphatic hydroxyl groups excluding tert-OH is 1. The quantitative estimate of drug-likeness (QED) is 0.679. The van der Waals surface area contributed by atoms with Crippen LogP contribution in [0.5, 0.6) is 5.75 Å². The summed E-state index contributed by atoms with van der Waals surface area (Å²) in [6, 6.07) is 5.73. The largest absolute Gasteiger partial charge is 0.507 e. The Bertz CT molecular complexity index is 934. The van der Waals surface area contributed by atoms with Crippen LogP contribution in [-0.2, 0) is 0 Å². The number of rotatable bonds is 3. The van der Waals surface area contributed by atoms with Gasteiger partial charge in [-0.15, -0.1) is 10.2 Å². The van der Waals surface area contributed by atoms with Gasteiger partial charge in [0, 0.05) is 40.8 Å². The first-order chi connectivity index (χ1) is 12.1. The van der Waals surface area contributed by atoms with Crippen molar-refractivity contribution in [1.82, 2.24) is 15.2 Å². The van der Waals surface area contributed by atoms with Crippen molar-refractivity contribution in [2.24, 2.45) is 0 Å². The zero-order valence-electron chi connectivity index (χ0n) is 13.4. The predicted octanol–water partition coefficient (Wildman–Crippen LogP) is 2.86. The van der Waals surface area contributed by atoms with Gasteiger partial charge in [0.25, 0.3) is 0 Å². The van der Waals surface area contributed by atoms with Crippen molar-refractivity contribution < 1.29 is 14.6 Å². The zero-order chi connectivity index (χ0) is 17.4. The molecular formula is C18H17FN4O2. The number of pyridine rings is 1. The number of fused-ring (bicyclic) bond motifs is 1. The molecule has 1 aliphatic rings. The minimum absolute atomic E-state index is 0.137. The number of halogens is 1. The average Bonchev–Trinajstić information content (AvgIpc) is 3.01. The number of aromatic nitrogens is 3. The average molecular weight is 340 g/mol. The molecule has 0 spiro atoms. The van der Waals surface area contributed by atoms with Crippen LogP contribution in [0.1, 0.15) is 19.3 Å². The minimum Gasteiger partial charge on any atom is -0.507 e. The fourth-order valence-corrected chi connectivity index (χ4v) is 3.29. The summed E-state index contributed by atoms with van der Waals surface area (Å²) in [5, 5.41) is 33.1. The minimum atomic E-state index is -0.516. The topological polar surface area (TPSA) is 91.2 Å². The first-order valence-corrected chi connectivity index (χ1v) is 8.15. The highest BCUT2D eigenvalue weighted by Crippen LogP contribution is 2.35. The monoisotopic (exact) mass is 340 g/mol. The molecule has 2 aromatic heterocycles. The van der Waals surface area contributed by atoms with Crippen molar-refractivity contribution in [1.29, 1.82) is 0 Å². The fraction of sp³-hybridized carbons (Fsp3) is 0.278. The van der Waals surface area contributed by atoms with Crippen molar-refractivity contribution >= 4 is 16.6 Å². The second kappa shape index (κ2) is 6.25. The Balaban J connectivity index is 1.79. The van der Waals surface area contributed by atoms with Gasteiger partial charge in [0.2, 0.25) is 0 Å². The molecule has 3 aromatic rings. The number of aromatic hydroxyl groups is 1. The van der Waals surface area contributed by atoms with Crippen LogP contribution in [0, 0.1) is 5.82 Å². The second-order valence-electron chi connectivity index (χ2n) is 6.29. The number of phenols is 1. The van der Waals surface area contributed by atoms with Crippen molar-refractivity contribution in [3.8, 4) is 17.0 Å². The molecule has 0 bridgehead atoms. The molecule has 4 rings (SSSR count). The van der Waals surface area contributed by atoms with E-state index in [-0.39, 0.29) is 17.9 Å². The van der Waals surface area contributed by atoms with Gasteiger partial charge < -0.3 is 15.5 Å². The molecule has 2 heterocycles. The van der Waals surface area contributed by atoms with Crippen LogP contribution in [0.3, 0.4) is 0 Å². The number of aliphatic hydroxyl groups is 1. The lowest BCUT2D eigenvalue weighted by atomic mass is 10.0. The lowest BCUT2D eigenvalue weighted by molar-refractivity contribution is 0.182. The van der Waals surface area contributed by atoms with E-state index in [0.29, 0.717) is 23.5 Å². The lowest BCUT2D eigenvalue weighted by Crippen LogP contribution is -2.18. The van der Waals surface area contributed by atoms with E-state index >= 15 is 0 Å². The maximum atomic E-state index is 13.3. The maximum absolute atomic E-state index is 13.3. The van der Waals surface area contributed by atoms with Crippen LogP contribution < -0.4 is 5.32 Å². The van der Waals surface area contributed by atoms with Crippen molar-refractivity contribution in [2.75, 3.05) is 5.32 Å². The molecule has 7 heteroatoms. The molecule has 3 N–H and O–H groups in total. The number of nitrogens with one attached hydrogen (secondary N) is 1. The van der Waals surface area contributed by atoms with Crippen LogP contribution in [0.4, 0.5) is 10.2 Å². The Morgan fingerprint density at radius 3 is 2.76 bits per heavy atom. The van der Waals surface area contributed by atoms with Crippen LogP contribution in [0.2, 0.25) is 0 Å². The molecule has 2 atom stereocenters.